The molecule has 0 saturated heterocycles. The number of amides is 2. The second-order valence-corrected chi connectivity index (χ2v) is 8.98. The Morgan fingerprint density at radius 1 is 0.966 bits per heavy atom. The summed E-state index contributed by atoms with van der Waals surface area (Å²) in [7, 11) is 1.55. The lowest BCUT2D eigenvalue weighted by Crippen LogP contribution is -2.43. The summed E-state index contributed by atoms with van der Waals surface area (Å²) >= 11 is 0. The van der Waals surface area contributed by atoms with Crippen LogP contribution in [0, 0.1) is 6.92 Å². The number of benzene rings is 1. The van der Waals surface area contributed by atoms with Crippen LogP contribution in [-0.4, -0.2) is 35.4 Å². The van der Waals surface area contributed by atoms with Gasteiger partial charge in [-0.15, -0.1) is 0 Å². The van der Waals surface area contributed by atoms with Crippen molar-refractivity contribution < 1.29 is 23.8 Å². The Hall–Kier alpha value is -2.50. The molecule has 6 heteroatoms. The quantitative estimate of drug-likeness (QED) is 0.587. The van der Waals surface area contributed by atoms with E-state index in [4.69, 9.17) is 14.2 Å². The Morgan fingerprint density at radius 3 is 1.83 bits per heavy atom. The minimum atomic E-state index is -0.793. The molecule has 0 bridgehead atoms. The molecule has 6 nitrogen and oxygen atoms in total. The number of aryl methyl sites for hydroxylation is 1. The molecule has 2 amide bonds. The minimum Gasteiger partial charge on any atom is -0.496 e. The van der Waals surface area contributed by atoms with Crippen LogP contribution in [-0.2, 0) is 9.47 Å². The molecule has 0 atom stereocenters. The number of allylic oxidation sites excluding steroid dienone is 1. The average Bonchev–Trinajstić information content (AvgIpc) is 2.55. The van der Waals surface area contributed by atoms with Gasteiger partial charge in [0.2, 0.25) is 0 Å². The van der Waals surface area contributed by atoms with Gasteiger partial charge in [0.1, 0.15) is 17.0 Å². The van der Waals surface area contributed by atoms with E-state index in [2.05, 4.69) is 0 Å². The van der Waals surface area contributed by atoms with Gasteiger partial charge in [-0.05, 0) is 79.5 Å². The number of hydrogen-bond acceptors (Lipinski definition) is 5. The number of carbonyl (C=O) groups excluding carboxylic acids is 2. The predicted octanol–water partition coefficient (Wildman–Crippen LogP) is 6.32. The molecule has 0 radical (unpaired) electrons. The van der Waals surface area contributed by atoms with Crippen LogP contribution in [0.5, 0.6) is 5.75 Å². The van der Waals surface area contributed by atoms with E-state index < -0.39 is 23.4 Å². The Kier molecular flexibility index (Phi) is 7.90. The number of ether oxygens (including phenoxy) is 3. The highest BCUT2D eigenvalue weighted by atomic mass is 16.6. The van der Waals surface area contributed by atoms with Crippen molar-refractivity contribution >= 4 is 17.9 Å². The zero-order valence-corrected chi connectivity index (χ0v) is 19.4. The van der Waals surface area contributed by atoms with Crippen LogP contribution in [0.3, 0.4) is 0 Å². The first-order valence-corrected chi connectivity index (χ1v) is 9.81. The van der Waals surface area contributed by atoms with Gasteiger partial charge in [0, 0.05) is 5.56 Å². The van der Waals surface area contributed by atoms with Gasteiger partial charge in [-0.1, -0.05) is 18.6 Å². The predicted molar refractivity (Wildman–Crippen MR) is 115 cm³/mol. The largest absolute Gasteiger partial charge is 0.496 e. The number of hydrogen-bond donors (Lipinski definition) is 0. The van der Waals surface area contributed by atoms with Crippen molar-refractivity contribution in [1.82, 2.24) is 4.90 Å². The maximum atomic E-state index is 13.1. The normalized spacial score (nSPS) is 12.8. The number of imide groups is 1. The van der Waals surface area contributed by atoms with E-state index >= 15 is 0 Å². The van der Waals surface area contributed by atoms with Gasteiger partial charge in [0.15, 0.2) is 0 Å². The molecule has 0 aliphatic rings. The molecule has 1 aromatic rings. The van der Waals surface area contributed by atoms with Crippen LogP contribution in [0.2, 0.25) is 0 Å². The zero-order chi connectivity index (χ0) is 22.6. The SMILES string of the molecule is CC/C(C)=C(/c1cc(C)ccc1OC)N(C(=O)OC(C)(C)C)C(=O)OC(C)(C)C. The molecule has 0 spiro atoms. The van der Waals surface area contributed by atoms with Crippen molar-refractivity contribution in [3.8, 4) is 5.75 Å². The van der Waals surface area contributed by atoms with Gasteiger partial charge in [-0.3, -0.25) is 0 Å². The van der Waals surface area contributed by atoms with Crippen molar-refractivity contribution in [2.24, 2.45) is 0 Å². The smallest absolute Gasteiger partial charge is 0.424 e. The molecule has 0 saturated carbocycles. The molecule has 0 aliphatic heterocycles. The van der Waals surface area contributed by atoms with E-state index in [1.807, 2.05) is 39.0 Å². The average molecular weight is 406 g/mol. The number of methoxy groups -OCH3 is 1. The van der Waals surface area contributed by atoms with Crippen molar-refractivity contribution in [2.75, 3.05) is 7.11 Å². The van der Waals surface area contributed by atoms with E-state index in [0.29, 0.717) is 23.4 Å². The molecule has 0 N–H and O–H groups in total. The van der Waals surface area contributed by atoms with Crippen molar-refractivity contribution in [2.45, 2.75) is 79.9 Å². The van der Waals surface area contributed by atoms with Gasteiger partial charge < -0.3 is 14.2 Å². The molecule has 1 rings (SSSR count). The third kappa shape index (κ3) is 7.11. The van der Waals surface area contributed by atoms with E-state index in [9.17, 15) is 9.59 Å². The first-order chi connectivity index (χ1) is 13.2. The summed E-state index contributed by atoms with van der Waals surface area (Å²) in [6, 6.07) is 5.61. The van der Waals surface area contributed by atoms with Gasteiger partial charge in [-0.25, -0.2) is 9.59 Å². The van der Waals surface area contributed by atoms with Gasteiger partial charge in [-0.2, -0.15) is 4.90 Å². The number of nitrogens with zero attached hydrogens (tertiary/aromatic N) is 1. The van der Waals surface area contributed by atoms with Gasteiger partial charge in [0.25, 0.3) is 0 Å². The van der Waals surface area contributed by atoms with Crippen LogP contribution < -0.4 is 4.74 Å². The lowest BCUT2D eigenvalue weighted by Gasteiger charge is -2.31. The third-order valence-electron chi connectivity index (χ3n) is 3.92. The Bertz CT molecular complexity index is 753. The Morgan fingerprint density at radius 2 is 1.45 bits per heavy atom. The highest BCUT2D eigenvalue weighted by molar-refractivity contribution is 6.00. The fourth-order valence-corrected chi connectivity index (χ4v) is 2.59. The monoisotopic (exact) mass is 405 g/mol. The van der Waals surface area contributed by atoms with Crippen LogP contribution in [0.1, 0.15) is 72.9 Å². The topological polar surface area (TPSA) is 65.1 Å². The molecular weight excluding hydrogens is 370 g/mol. The first kappa shape index (κ1) is 24.5. The lowest BCUT2D eigenvalue weighted by molar-refractivity contribution is 0.0127. The fraction of sp³-hybridized carbons (Fsp3) is 0.565. The summed E-state index contributed by atoms with van der Waals surface area (Å²) < 4.78 is 16.6. The Labute approximate surface area is 174 Å². The van der Waals surface area contributed by atoms with Crippen LogP contribution >= 0.6 is 0 Å². The summed E-state index contributed by atoms with van der Waals surface area (Å²) in [5, 5.41) is 0. The summed E-state index contributed by atoms with van der Waals surface area (Å²) in [6.45, 7) is 16.3. The zero-order valence-electron chi connectivity index (χ0n) is 19.4. The molecule has 0 unspecified atom stereocenters. The van der Waals surface area contributed by atoms with Gasteiger partial charge >= 0.3 is 12.2 Å². The summed E-state index contributed by atoms with van der Waals surface area (Å²) in [5.74, 6) is 0.551. The molecule has 0 aliphatic carbocycles. The second kappa shape index (κ2) is 9.33. The first-order valence-electron chi connectivity index (χ1n) is 9.81. The lowest BCUT2D eigenvalue weighted by atomic mass is 10.0. The van der Waals surface area contributed by atoms with Crippen LogP contribution in [0.15, 0.2) is 23.8 Å². The van der Waals surface area contributed by atoms with Crippen LogP contribution in [0.4, 0.5) is 9.59 Å². The van der Waals surface area contributed by atoms with Crippen LogP contribution in [0.25, 0.3) is 5.70 Å². The number of carbonyl (C=O) groups is 2. The summed E-state index contributed by atoms with van der Waals surface area (Å²) in [4.78, 5) is 27.2. The molecule has 29 heavy (non-hydrogen) atoms. The molecule has 0 fully saturated rings. The summed E-state index contributed by atoms with van der Waals surface area (Å²) in [6.07, 6.45) is -0.967. The molecule has 162 valence electrons. The van der Waals surface area contributed by atoms with E-state index in [-0.39, 0.29) is 0 Å². The standard InChI is InChI=1S/C23H35NO5/c1-11-16(3)19(17-14-15(2)12-13-18(17)27-10)24(20(25)28-22(4,5)6)21(26)29-23(7,8)9/h12-14H,11H2,1-10H3/b19-16-. The maximum Gasteiger partial charge on any atom is 0.424 e. The fourth-order valence-electron chi connectivity index (χ4n) is 2.59. The highest BCUT2D eigenvalue weighted by Crippen LogP contribution is 2.35. The Balaban J connectivity index is 3.72. The van der Waals surface area contributed by atoms with Crippen molar-refractivity contribution in [3.05, 3.63) is 34.9 Å². The minimum absolute atomic E-state index is 0.413. The molecule has 0 aromatic heterocycles. The molecule has 0 heterocycles. The third-order valence-corrected chi connectivity index (χ3v) is 3.92. The van der Waals surface area contributed by atoms with E-state index in [1.165, 1.54) is 0 Å². The van der Waals surface area contributed by atoms with E-state index in [1.54, 1.807) is 48.7 Å². The number of rotatable bonds is 4. The van der Waals surface area contributed by atoms with Crippen molar-refractivity contribution in [3.63, 3.8) is 0 Å². The molecular formula is C23H35NO5. The maximum absolute atomic E-state index is 13.1. The molecule has 1 aromatic carbocycles. The van der Waals surface area contributed by atoms with Crippen molar-refractivity contribution in [1.29, 1.82) is 0 Å². The highest BCUT2D eigenvalue weighted by Gasteiger charge is 2.36. The second-order valence-electron chi connectivity index (χ2n) is 8.98. The van der Waals surface area contributed by atoms with E-state index in [0.717, 1.165) is 16.0 Å². The van der Waals surface area contributed by atoms with Gasteiger partial charge in [0.05, 0.1) is 12.8 Å². The summed E-state index contributed by atoms with van der Waals surface area (Å²) in [5.41, 5.74) is 1.28.